The number of hydrogen-bond donors (Lipinski definition) is 3. The van der Waals surface area contributed by atoms with E-state index >= 15 is 0 Å². The molecule has 1 aromatic carbocycles. The van der Waals surface area contributed by atoms with E-state index in [0.29, 0.717) is 53.7 Å². The number of benzene rings is 1. The van der Waals surface area contributed by atoms with Crippen LogP contribution in [0.25, 0.3) is 22.2 Å². The summed E-state index contributed by atoms with van der Waals surface area (Å²) in [7, 11) is 1.52. The number of hydrogen-bond acceptors (Lipinski definition) is 5. The molecule has 1 aliphatic heterocycles. The highest BCUT2D eigenvalue weighted by Gasteiger charge is 2.35. The SMILES string of the molecule is COc1cc(-c2cc(C(=O)N3CCC(C(N)=O)CC3Cc3ccc4[nH]ccc4c3)[nH]n2)c(Cl)cn1. The van der Waals surface area contributed by atoms with Gasteiger partial charge in [-0.25, -0.2) is 4.98 Å². The molecule has 1 aliphatic rings. The third-order valence-electron chi connectivity index (χ3n) is 6.59. The average Bonchev–Trinajstić information content (AvgIpc) is 3.53. The number of carbonyl (C=O) groups is 2. The van der Waals surface area contributed by atoms with Crippen LogP contribution in [-0.2, 0) is 11.2 Å². The maximum Gasteiger partial charge on any atom is 0.272 e. The van der Waals surface area contributed by atoms with Crippen molar-refractivity contribution in [2.75, 3.05) is 13.7 Å². The Morgan fingerprint density at radius 2 is 2.11 bits per heavy atom. The molecule has 0 saturated carbocycles. The molecule has 10 heteroatoms. The zero-order chi connectivity index (χ0) is 24.5. The maximum absolute atomic E-state index is 13.6. The first-order chi connectivity index (χ1) is 16.9. The summed E-state index contributed by atoms with van der Waals surface area (Å²) in [6, 6.07) is 11.4. The molecule has 180 valence electrons. The molecule has 4 heterocycles. The number of ether oxygens (including phenoxy) is 1. The Kier molecular flexibility index (Phi) is 6.17. The number of carbonyl (C=O) groups excluding carboxylic acids is 2. The number of H-pyrrole nitrogens is 2. The zero-order valence-electron chi connectivity index (χ0n) is 19.1. The van der Waals surface area contributed by atoms with E-state index in [1.54, 1.807) is 12.1 Å². The van der Waals surface area contributed by atoms with Gasteiger partial charge in [-0.15, -0.1) is 0 Å². The lowest BCUT2D eigenvalue weighted by Gasteiger charge is -2.38. The molecule has 4 N–H and O–H groups in total. The molecular weight excluding hydrogens is 468 g/mol. The fourth-order valence-electron chi connectivity index (χ4n) is 4.72. The number of aromatic amines is 2. The first-order valence-electron chi connectivity index (χ1n) is 11.3. The minimum Gasteiger partial charge on any atom is -0.481 e. The number of pyridine rings is 1. The summed E-state index contributed by atoms with van der Waals surface area (Å²) < 4.78 is 5.18. The molecule has 2 atom stereocenters. The summed E-state index contributed by atoms with van der Waals surface area (Å²) in [4.78, 5) is 34.6. The van der Waals surface area contributed by atoms with Crippen molar-refractivity contribution in [3.63, 3.8) is 0 Å². The van der Waals surface area contributed by atoms with E-state index in [1.165, 1.54) is 13.3 Å². The van der Waals surface area contributed by atoms with Gasteiger partial charge < -0.3 is 20.4 Å². The number of nitrogens with two attached hydrogens (primary N) is 1. The Bertz CT molecular complexity index is 1400. The third kappa shape index (κ3) is 4.59. The van der Waals surface area contributed by atoms with Crippen molar-refractivity contribution in [2.24, 2.45) is 11.7 Å². The minimum atomic E-state index is -0.326. The average molecular weight is 493 g/mol. The topological polar surface area (TPSA) is 130 Å². The molecule has 2 unspecified atom stereocenters. The number of aromatic nitrogens is 4. The van der Waals surface area contributed by atoms with Crippen molar-refractivity contribution < 1.29 is 14.3 Å². The van der Waals surface area contributed by atoms with Crippen LogP contribution < -0.4 is 10.5 Å². The van der Waals surface area contributed by atoms with Crippen LogP contribution in [0.3, 0.4) is 0 Å². The van der Waals surface area contributed by atoms with Gasteiger partial charge in [-0.05, 0) is 54.5 Å². The van der Waals surface area contributed by atoms with Crippen molar-refractivity contribution >= 4 is 34.3 Å². The van der Waals surface area contributed by atoms with Crippen LogP contribution in [-0.4, -0.2) is 56.6 Å². The van der Waals surface area contributed by atoms with Gasteiger partial charge in [0.15, 0.2) is 0 Å². The van der Waals surface area contributed by atoms with Gasteiger partial charge in [0.2, 0.25) is 11.8 Å². The molecule has 0 radical (unpaired) electrons. The number of nitrogens with zero attached hydrogens (tertiary/aromatic N) is 3. The molecule has 1 saturated heterocycles. The monoisotopic (exact) mass is 492 g/mol. The lowest BCUT2D eigenvalue weighted by atomic mass is 9.86. The maximum atomic E-state index is 13.6. The number of likely N-dealkylation sites (tertiary alicyclic amines) is 1. The predicted octanol–water partition coefficient (Wildman–Crippen LogP) is 3.56. The third-order valence-corrected chi connectivity index (χ3v) is 6.89. The van der Waals surface area contributed by atoms with Crippen molar-refractivity contribution in [1.82, 2.24) is 25.1 Å². The normalized spacial score (nSPS) is 18.1. The second kappa shape index (κ2) is 9.42. The van der Waals surface area contributed by atoms with Crippen LogP contribution in [0.4, 0.5) is 0 Å². The van der Waals surface area contributed by atoms with Crippen LogP contribution in [0, 0.1) is 5.92 Å². The summed E-state index contributed by atoms with van der Waals surface area (Å²) in [6.07, 6.45) is 5.04. The number of fused-ring (bicyclic) bond motifs is 1. The summed E-state index contributed by atoms with van der Waals surface area (Å²) in [5.74, 6) is -0.376. The smallest absolute Gasteiger partial charge is 0.272 e. The summed E-state index contributed by atoms with van der Waals surface area (Å²) >= 11 is 6.30. The summed E-state index contributed by atoms with van der Waals surface area (Å²) in [5.41, 5.74) is 9.24. The van der Waals surface area contributed by atoms with Gasteiger partial charge in [0.05, 0.1) is 24.0 Å². The van der Waals surface area contributed by atoms with Crippen LogP contribution in [0.2, 0.25) is 5.02 Å². The molecule has 9 nitrogen and oxygen atoms in total. The van der Waals surface area contributed by atoms with E-state index in [2.05, 4.69) is 26.2 Å². The number of rotatable bonds is 6. The highest BCUT2D eigenvalue weighted by atomic mass is 35.5. The van der Waals surface area contributed by atoms with Crippen LogP contribution in [0.5, 0.6) is 5.88 Å². The molecule has 0 aliphatic carbocycles. The Balaban J connectivity index is 1.41. The van der Waals surface area contributed by atoms with Crippen molar-refractivity contribution in [3.8, 4) is 17.1 Å². The van der Waals surface area contributed by atoms with E-state index in [9.17, 15) is 9.59 Å². The van der Waals surface area contributed by atoms with Crippen molar-refractivity contribution in [3.05, 3.63) is 65.1 Å². The predicted molar refractivity (Wildman–Crippen MR) is 132 cm³/mol. The van der Waals surface area contributed by atoms with Gasteiger partial charge in [-0.1, -0.05) is 17.7 Å². The Morgan fingerprint density at radius 1 is 1.26 bits per heavy atom. The quantitative estimate of drug-likeness (QED) is 0.379. The summed E-state index contributed by atoms with van der Waals surface area (Å²) in [5, 5.41) is 8.65. The molecule has 35 heavy (non-hydrogen) atoms. The van der Waals surface area contributed by atoms with Gasteiger partial charge in [0.1, 0.15) is 5.69 Å². The van der Waals surface area contributed by atoms with Crippen LogP contribution >= 0.6 is 11.6 Å². The van der Waals surface area contributed by atoms with Crippen LogP contribution in [0.1, 0.15) is 28.9 Å². The summed E-state index contributed by atoms with van der Waals surface area (Å²) in [6.45, 7) is 0.432. The minimum absolute atomic E-state index is 0.179. The number of halogens is 1. The van der Waals surface area contributed by atoms with E-state index in [4.69, 9.17) is 22.1 Å². The Hall–Kier alpha value is -3.85. The molecular formula is C25H25ClN6O3. The van der Waals surface area contributed by atoms with Gasteiger partial charge in [-0.3, -0.25) is 14.7 Å². The van der Waals surface area contributed by atoms with E-state index in [1.807, 2.05) is 29.3 Å². The number of methoxy groups -OCH3 is 1. The fraction of sp³-hybridized carbons (Fsp3) is 0.280. The van der Waals surface area contributed by atoms with Gasteiger partial charge in [0.25, 0.3) is 5.91 Å². The molecule has 0 bridgehead atoms. The highest BCUT2D eigenvalue weighted by molar-refractivity contribution is 6.33. The largest absolute Gasteiger partial charge is 0.481 e. The molecule has 4 aromatic rings. The fourth-order valence-corrected chi connectivity index (χ4v) is 4.92. The molecule has 5 rings (SSSR count). The second-order valence-electron chi connectivity index (χ2n) is 8.75. The zero-order valence-corrected chi connectivity index (χ0v) is 19.9. The van der Waals surface area contributed by atoms with Crippen molar-refractivity contribution in [1.29, 1.82) is 0 Å². The number of piperidine rings is 1. The molecule has 1 fully saturated rings. The van der Waals surface area contributed by atoms with Crippen LogP contribution in [0.15, 0.2) is 48.8 Å². The first-order valence-corrected chi connectivity index (χ1v) is 11.7. The lowest BCUT2D eigenvalue weighted by molar-refractivity contribution is -0.123. The molecule has 3 aromatic heterocycles. The molecule has 0 spiro atoms. The Labute approximate surface area is 206 Å². The second-order valence-corrected chi connectivity index (χ2v) is 9.16. The number of primary amides is 1. The number of nitrogens with one attached hydrogen (secondary N) is 2. The molecule has 2 amide bonds. The van der Waals surface area contributed by atoms with Crippen molar-refractivity contribution in [2.45, 2.75) is 25.3 Å². The van der Waals surface area contributed by atoms with Gasteiger partial charge in [0, 0.05) is 41.8 Å². The standard InChI is InChI=1S/C25H25ClN6O3/c1-35-23-11-18(19(26)13-29-23)21-12-22(31-30-21)25(34)32-7-5-16(24(27)33)10-17(32)9-14-2-3-20-15(8-14)4-6-28-20/h2-4,6,8,11-13,16-17,28H,5,7,9-10H2,1H3,(H2,27,33)(H,30,31). The van der Waals surface area contributed by atoms with E-state index in [0.717, 1.165) is 16.5 Å². The van der Waals surface area contributed by atoms with E-state index < -0.39 is 0 Å². The van der Waals surface area contributed by atoms with Gasteiger partial charge >= 0.3 is 0 Å². The number of amides is 2. The van der Waals surface area contributed by atoms with Gasteiger partial charge in [-0.2, -0.15) is 5.10 Å². The Morgan fingerprint density at radius 3 is 2.91 bits per heavy atom. The lowest BCUT2D eigenvalue weighted by Crippen LogP contribution is -2.49. The highest BCUT2D eigenvalue weighted by Crippen LogP contribution is 2.31. The first kappa shape index (κ1) is 22.9. The van der Waals surface area contributed by atoms with E-state index in [-0.39, 0.29) is 23.8 Å².